The van der Waals surface area contributed by atoms with Gasteiger partial charge in [-0.05, 0) is 60.2 Å². The highest BCUT2D eigenvalue weighted by molar-refractivity contribution is 7.92. The largest absolute Gasteiger partial charge is 0.326 e. The Kier molecular flexibility index (Phi) is 5.56. The Morgan fingerprint density at radius 2 is 1.78 bits per heavy atom. The standard InChI is InChI=1S/C21H26N2O3S/c1-4-13-23(18-8-5-16(6-9-18)15(2)3)27(25,26)19-10-11-20-17(14-19)7-12-21(24)22-20/h5-6,8-11,14-15H,4,7,12-13H2,1-3H3,(H,22,24). The maximum Gasteiger partial charge on any atom is 0.264 e. The van der Waals surface area contributed by atoms with Gasteiger partial charge in [0, 0.05) is 18.7 Å². The van der Waals surface area contributed by atoms with Crippen LogP contribution in [-0.4, -0.2) is 20.9 Å². The second-order valence-corrected chi connectivity index (χ2v) is 9.05. The fourth-order valence-corrected chi connectivity index (χ4v) is 4.87. The molecule has 1 aliphatic heterocycles. The molecular weight excluding hydrogens is 360 g/mol. The van der Waals surface area contributed by atoms with Crippen molar-refractivity contribution in [1.29, 1.82) is 0 Å². The van der Waals surface area contributed by atoms with Crippen LogP contribution in [0.5, 0.6) is 0 Å². The van der Waals surface area contributed by atoms with Crippen LogP contribution in [0.15, 0.2) is 47.4 Å². The van der Waals surface area contributed by atoms with Crippen LogP contribution in [0.1, 0.15) is 50.7 Å². The SMILES string of the molecule is CCCN(c1ccc(C(C)C)cc1)S(=O)(=O)c1ccc2c(c1)CCC(=O)N2. The average Bonchev–Trinajstić information content (AvgIpc) is 2.65. The molecule has 0 atom stereocenters. The molecule has 1 aliphatic rings. The number of hydrogen-bond acceptors (Lipinski definition) is 3. The first-order chi connectivity index (χ1) is 12.8. The lowest BCUT2D eigenvalue weighted by Crippen LogP contribution is -2.32. The molecule has 0 saturated carbocycles. The molecule has 1 heterocycles. The molecule has 0 saturated heterocycles. The van der Waals surface area contributed by atoms with Crippen LogP contribution in [0.3, 0.4) is 0 Å². The van der Waals surface area contributed by atoms with Crippen molar-refractivity contribution in [2.75, 3.05) is 16.2 Å². The van der Waals surface area contributed by atoms with Gasteiger partial charge in [0.2, 0.25) is 5.91 Å². The predicted octanol–water partition coefficient (Wildman–Crippen LogP) is 4.30. The third-order valence-corrected chi connectivity index (χ3v) is 6.66. The molecule has 1 N–H and O–H groups in total. The highest BCUT2D eigenvalue weighted by atomic mass is 32.2. The minimum atomic E-state index is -3.68. The van der Waals surface area contributed by atoms with Gasteiger partial charge in [-0.2, -0.15) is 0 Å². The van der Waals surface area contributed by atoms with Gasteiger partial charge in [-0.25, -0.2) is 8.42 Å². The van der Waals surface area contributed by atoms with Crippen LogP contribution in [0.4, 0.5) is 11.4 Å². The first kappa shape index (κ1) is 19.4. The summed E-state index contributed by atoms with van der Waals surface area (Å²) in [6, 6.07) is 12.7. The van der Waals surface area contributed by atoms with Gasteiger partial charge in [0.1, 0.15) is 0 Å². The highest BCUT2D eigenvalue weighted by Gasteiger charge is 2.26. The fourth-order valence-electron chi connectivity index (χ4n) is 3.26. The van der Waals surface area contributed by atoms with Crippen LogP contribution in [0.25, 0.3) is 0 Å². The van der Waals surface area contributed by atoms with Crippen molar-refractivity contribution < 1.29 is 13.2 Å². The van der Waals surface area contributed by atoms with Crippen molar-refractivity contribution in [1.82, 2.24) is 0 Å². The monoisotopic (exact) mass is 386 g/mol. The Balaban J connectivity index is 1.98. The van der Waals surface area contributed by atoms with Gasteiger partial charge in [-0.3, -0.25) is 9.10 Å². The molecule has 2 aromatic carbocycles. The van der Waals surface area contributed by atoms with E-state index in [4.69, 9.17) is 0 Å². The smallest absolute Gasteiger partial charge is 0.264 e. The number of rotatable bonds is 6. The highest BCUT2D eigenvalue weighted by Crippen LogP contribution is 2.30. The number of sulfonamides is 1. The number of hydrogen-bond donors (Lipinski definition) is 1. The van der Waals surface area contributed by atoms with Crippen molar-refractivity contribution in [3.63, 3.8) is 0 Å². The minimum Gasteiger partial charge on any atom is -0.326 e. The van der Waals surface area contributed by atoms with E-state index in [1.807, 2.05) is 31.2 Å². The van der Waals surface area contributed by atoms with Gasteiger partial charge >= 0.3 is 0 Å². The number of benzene rings is 2. The van der Waals surface area contributed by atoms with Gasteiger partial charge < -0.3 is 5.32 Å². The molecule has 3 rings (SSSR count). The lowest BCUT2D eigenvalue weighted by molar-refractivity contribution is -0.116. The van der Waals surface area contributed by atoms with Crippen molar-refractivity contribution in [3.8, 4) is 0 Å². The molecule has 0 radical (unpaired) electrons. The van der Waals surface area contributed by atoms with Gasteiger partial charge in [-0.1, -0.05) is 32.9 Å². The zero-order chi connectivity index (χ0) is 19.6. The third kappa shape index (κ3) is 4.00. The summed E-state index contributed by atoms with van der Waals surface area (Å²) in [5.74, 6) is 0.363. The Morgan fingerprint density at radius 3 is 2.41 bits per heavy atom. The number of carbonyl (C=O) groups excluding carboxylic acids is 1. The van der Waals surface area contributed by atoms with Crippen LogP contribution in [0, 0.1) is 0 Å². The summed E-state index contributed by atoms with van der Waals surface area (Å²) < 4.78 is 28.1. The third-order valence-electron chi connectivity index (χ3n) is 4.83. The molecule has 5 nitrogen and oxygen atoms in total. The summed E-state index contributed by atoms with van der Waals surface area (Å²) in [6.45, 7) is 6.60. The summed E-state index contributed by atoms with van der Waals surface area (Å²) in [4.78, 5) is 11.8. The fraction of sp³-hybridized carbons (Fsp3) is 0.381. The van der Waals surface area contributed by atoms with E-state index >= 15 is 0 Å². The molecule has 6 heteroatoms. The normalized spacial score (nSPS) is 14.0. The van der Waals surface area contributed by atoms with E-state index in [1.54, 1.807) is 18.2 Å². The molecule has 0 unspecified atom stereocenters. The molecular formula is C21H26N2O3S. The van der Waals surface area contributed by atoms with E-state index in [9.17, 15) is 13.2 Å². The molecule has 144 valence electrons. The number of nitrogens with zero attached hydrogens (tertiary/aromatic N) is 1. The molecule has 0 bridgehead atoms. The number of aryl methyl sites for hydroxylation is 1. The van der Waals surface area contributed by atoms with Gasteiger partial charge in [0.05, 0.1) is 10.6 Å². The van der Waals surface area contributed by atoms with Crippen LogP contribution < -0.4 is 9.62 Å². The molecule has 0 aliphatic carbocycles. The van der Waals surface area contributed by atoms with E-state index in [0.717, 1.165) is 5.56 Å². The lowest BCUT2D eigenvalue weighted by Gasteiger charge is -2.25. The number of amides is 1. The second kappa shape index (κ2) is 7.72. The van der Waals surface area contributed by atoms with E-state index in [2.05, 4.69) is 19.2 Å². The zero-order valence-corrected chi connectivity index (χ0v) is 16.8. The van der Waals surface area contributed by atoms with Gasteiger partial charge in [-0.15, -0.1) is 0 Å². The van der Waals surface area contributed by atoms with Crippen molar-refractivity contribution >= 4 is 27.3 Å². The molecule has 0 aromatic heterocycles. The zero-order valence-electron chi connectivity index (χ0n) is 16.0. The van der Waals surface area contributed by atoms with Gasteiger partial charge in [0.15, 0.2) is 0 Å². The Bertz CT molecular complexity index is 934. The molecule has 27 heavy (non-hydrogen) atoms. The summed E-state index contributed by atoms with van der Waals surface area (Å²) in [7, 11) is -3.68. The number of nitrogens with one attached hydrogen (secondary N) is 1. The number of carbonyl (C=O) groups is 1. The topological polar surface area (TPSA) is 66.5 Å². The van der Waals surface area contributed by atoms with Crippen molar-refractivity contribution in [2.45, 2.75) is 50.8 Å². The van der Waals surface area contributed by atoms with Crippen molar-refractivity contribution in [2.24, 2.45) is 0 Å². The van der Waals surface area contributed by atoms with Crippen molar-refractivity contribution in [3.05, 3.63) is 53.6 Å². The molecule has 2 aromatic rings. The quantitative estimate of drug-likeness (QED) is 0.805. The van der Waals surface area contributed by atoms with Crippen LogP contribution in [0.2, 0.25) is 0 Å². The summed E-state index contributed by atoms with van der Waals surface area (Å²) in [6.07, 6.45) is 1.65. The van der Waals surface area contributed by atoms with E-state index in [0.29, 0.717) is 43.1 Å². The first-order valence-electron chi connectivity index (χ1n) is 9.38. The van der Waals surface area contributed by atoms with Crippen LogP contribution >= 0.6 is 0 Å². The van der Waals surface area contributed by atoms with E-state index < -0.39 is 10.0 Å². The number of anilines is 2. The lowest BCUT2D eigenvalue weighted by atomic mass is 10.0. The summed E-state index contributed by atoms with van der Waals surface area (Å²) in [5.41, 5.74) is 3.42. The summed E-state index contributed by atoms with van der Waals surface area (Å²) >= 11 is 0. The first-order valence-corrected chi connectivity index (χ1v) is 10.8. The molecule has 0 spiro atoms. The van der Waals surface area contributed by atoms with Crippen LogP contribution in [-0.2, 0) is 21.2 Å². The maximum absolute atomic E-state index is 13.3. The second-order valence-electron chi connectivity index (χ2n) is 7.19. The Morgan fingerprint density at radius 1 is 1.07 bits per heavy atom. The Hall–Kier alpha value is -2.34. The number of fused-ring (bicyclic) bond motifs is 1. The average molecular weight is 387 g/mol. The summed E-state index contributed by atoms with van der Waals surface area (Å²) in [5, 5.41) is 2.79. The minimum absolute atomic E-state index is 0.0315. The maximum atomic E-state index is 13.3. The predicted molar refractivity (Wildman–Crippen MR) is 109 cm³/mol. The van der Waals surface area contributed by atoms with Gasteiger partial charge in [0.25, 0.3) is 10.0 Å². The Labute approximate surface area is 161 Å². The molecule has 1 amide bonds. The van der Waals surface area contributed by atoms with E-state index in [1.165, 1.54) is 9.87 Å². The molecule has 0 fully saturated rings. The van der Waals surface area contributed by atoms with E-state index in [-0.39, 0.29) is 10.8 Å².